The highest BCUT2D eigenvalue weighted by atomic mass is 19.1. The van der Waals surface area contributed by atoms with Crippen molar-refractivity contribution in [2.75, 3.05) is 20.3 Å². The molecule has 4 heteroatoms. The Morgan fingerprint density at radius 1 is 1.47 bits per heavy atom. The molecule has 0 aromatic heterocycles. The lowest BCUT2D eigenvalue weighted by Gasteiger charge is -2.11. The van der Waals surface area contributed by atoms with Gasteiger partial charge in [-0.15, -0.1) is 0 Å². The van der Waals surface area contributed by atoms with Crippen molar-refractivity contribution in [3.05, 3.63) is 35.6 Å². The SMILES string of the molecule is COCCC(C)COC(=O)c1cccc(F)c1. The zero-order chi connectivity index (χ0) is 12.7. The second kappa shape index (κ2) is 7.01. The van der Waals surface area contributed by atoms with Gasteiger partial charge in [-0.25, -0.2) is 9.18 Å². The number of hydrogen-bond donors (Lipinski definition) is 0. The topological polar surface area (TPSA) is 35.5 Å². The van der Waals surface area contributed by atoms with Crippen molar-refractivity contribution in [1.29, 1.82) is 0 Å². The smallest absolute Gasteiger partial charge is 0.338 e. The van der Waals surface area contributed by atoms with Crippen LogP contribution in [0.3, 0.4) is 0 Å². The van der Waals surface area contributed by atoms with Gasteiger partial charge in [-0.3, -0.25) is 0 Å². The fourth-order valence-electron chi connectivity index (χ4n) is 1.32. The summed E-state index contributed by atoms with van der Waals surface area (Å²) in [5, 5.41) is 0. The molecule has 0 fully saturated rings. The van der Waals surface area contributed by atoms with E-state index in [0.717, 1.165) is 6.42 Å². The van der Waals surface area contributed by atoms with Crippen LogP contribution in [0.4, 0.5) is 4.39 Å². The second-order valence-corrected chi connectivity index (χ2v) is 4.00. The highest BCUT2D eigenvalue weighted by molar-refractivity contribution is 5.89. The normalized spacial score (nSPS) is 12.2. The molecule has 0 radical (unpaired) electrons. The molecule has 1 unspecified atom stereocenters. The fourth-order valence-corrected chi connectivity index (χ4v) is 1.32. The van der Waals surface area contributed by atoms with Crippen LogP contribution in [0.1, 0.15) is 23.7 Å². The molecule has 0 spiro atoms. The predicted octanol–water partition coefficient (Wildman–Crippen LogP) is 2.66. The van der Waals surface area contributed by atoms with Gasteiger partial charge < -0.3 is 9.47 Å². The summed E-state index contributed by atoms with van der Waals surface area (Å²) < 4.78 is 22.9. The molecular formula is C13H17FO3. The lowest BCUT2D eigenvalue weighted by Crippen LogP contribution is -2.13. The van der Waals surface area contributed by atoms with E-state index in [4.69, 9.17) is 9.47 Å². The Morgan fingerprint density at radius 2 is 2.24 bits per heavy atom. The van der Waals surface area contributed by atoms with Crippen molar-refractivity contribution in [3.8, 4) is 0 Å². The molecule has 0 saturated carbocycles. The number of hydrogen-bond acceptors (Lipinski definition) is 3. The Labute approximate surface area is 101 Å². The van der Waals surface area contributed by atoms with E-state index in [-0.39, 0.29) is 11.5 Å². The first-order valence-electron chi connectivity index (χ1n) is 5.55. The van der Waals surface area contributed by atoms with Gasteiger partial charge in [0.1, 0.15) is 5.82 Å². The minimum Gasteiger partial charge on any atom is -0.462 e. The first-order valence-corrected chi connectivity index (χ1v) is 5.55. The van der Waals surface area contributed by atoms with Crippen LogP contribution in [-0.4, -0.2) is 26.3 Å². The first-order chi connectivity index (χ1) is 8.13. The molecule has 0 aliphatic rings. The van der Waals surface area contributed by atoms with Gasteiger partial charge in [0.25, 0.3) is 0 Å². The largest absolute Gasteiger partial charge is 0.462 e. The summed E-state index contributed by atoms with van der Waals surface area (Å²) in [6.07, 6.45) is 0.826. The molecule has 17 heavy (non-hydrogen) atoms. The molecule has 1 aromatic carbocycles. The molecule has 1 aromatic rings. The van der Waals surface area contributed by atoms with Crippen LogP contribution in [0, 0.1) is 11.7 Å². The number of methoxy groups -OCH3 is 1. The summed E-state index contributed by atoms with van der Waals surface area (Å²) in [4.78, 5) is 11.6. The van der Waals surface area contributed by atoms with Gasteiger partial charge in [0.15, 0.2) is 0 Å². The second-order valence-electron chi connectivity index (χ2n) is 4.00. The van der Waals surface area contributed by atoms with Gasteiger partial charge >= 0.3 is 5.97 Å². The van der Waals surface area contributed by atoms with Crippen molar-refractivity contribution < 1.29 is 18.7 Å². The Morgan fingerprint density at radius 3 is 2.88 bits per heavy atom. The van der Waals surface area contributed by atoms with Gasteiger partial charge in [-0.1, -0.05) is 13.0 Å². The standard InChI is InChI=1S/C13H17FO3/c1-10(6-7-16-2)9-17-13(15)11-4-3-5-12(14)8-11/h3-5,8,10H,6-7,9H2,1-2H3. The van der Waals surface area contributed by atoms with Gasteiger partial charge in [-0.05, 0) is 30.5 Å². The lowest BCUT2D eigenvalue weighted by atomic mass is 10.1. The van der Waals surface area contributed by atoms with Crippen LogP contribution in [0.15, 0.2) is 24.3 Å². The molecule has 0 bridgehead atoms. The Bertz CT molecular complexity index is 365. The highest BCUT2D eigenvalue weighted by Crippen LogP contribution is 2.08. The maximum Gasteiger partial charge on any atom is 0.338 e. The number of esters is 1. The maximum absolute atomic E-state index is 12.9. The van der Waals surface area contributed by atoms with E-state index in [9.17, 15) is 9.18 Å². The van der Waals surface area contributed by atoms with Crippen molar-refractivity contribution in [2.24, 2.45) is 5.92 Å². The average Bonchev–Trinajstić information content (AvgIpc) is 2.33. The highest BCUT2D eigenvalue weighted by Gasteiger charge is 2.10. The van der Waals surface area contributed by atoms with Gasteiger partial charge in [0.05, 0.1) is 12.2 Å². The zero-order valence-corrected chi connectivity index (χ0v) is 10.1. The lowest BCUT2D eigenvalue weighted by molar-refractivity contribution is 0.0423. The quantitative estimate of drug-likeness (QED) is 0.717. The predicted molar refractivity (Wildman–Crippen MR) is 62.3 cm³/mol. The number of ether oxygens (including phenoxy) is 2. The molecule has 0 aliphatic heterocycles. The van der Waals surface area contributed by atoms with Crippen molar-refractivity contribution in [3.63, 3.8) is 0 Å². The molecule has 0 saturated heterocycles. The minimum atomic E-state index is -0.492. The molecule has 94 valence electrons. The van der Waals surface area contributed by atoms with Crippen molar-refractivity contribution >= 4 is 5.97 Å². The number of rotatable bonds is 6. The molecule has 3 nitrogen and oxygen atoms in total. The summed E-state index contributed by atoms with van der Waals surface area (Å²) in [6.45, 7) is 2.93. The van der Waals surface area contributed by atoms with E-state index in [1.165, 1.54) is 24.3 Å². The fraction of sp³-hybridized carbons (Fsp3) is 0.462. The Balaban J connectivity index is 2.39. The summed E-state index contributed by atoms with van der Waals surface area (Å²) in [5.74, 6) is -0.701. The van der Waals surface area contributed by atoms with E-state index in [1.54, 1.807) is 7.11 Å². The Kier molecular flexibility index (Phi) is 5.63. The number of halogens is 1. The molecule has 0 heterocycles. The van der Waals surface area contributed by atoms with Gasteiger partial charge in [-0.2, -0.15) is 0 Å². The molecule has 1 rings (SSSR count). The van der Waals surface area contributed by atoms with Crippen LogP contribution in [0.5, 0.6) is 0 Å². The van der Waals surface area contributed by atoms with Crippen molar-refractivity contribution in [1.82, 2.24) is 0 Å². The summed E-state index contributed by atoms with van der Waals surface area (Å²) in [5.41, 5.74) is 0.240. The van der Waals surface area contributed by atoms with Crippen LogP contribution < -0.4 is 0 Å². The van der Waals surface area contributed by atoms with Crippen LogP contribution in [0.25, 0.3) is 0 Å². The van der Waals surface area contributed by atoms with Crippen LogP contribution in [-0.2, 0) is 9.47 Å². The molecule has 0 aliphatic carbocycles. The van der Waals surface area contributed by atoms with Gasteiger partial charge in [0, 0.05) is 13.7 Å². The van der Waals surface area contributed by atoms with E-state index in [1.807, 2.05) is 6.92 Å². The van der Waals surface area contributed by atoms with E-state index in [0.29, 0.717) is 13.2 Å². The minimum absolute atomic E-state index is 0.229. The molecule has 0 amide bonds. The monoisotopic (exact) mass is 240 g/mol. The average molecular weight is 240 g/mol. The third-order valence-electron chi connectivity index (χ3n) is 2.37. The number of carbonyl (C=O) groups is 1. The summed E-state index contributed by atoms with van der Waals surface area (Å²) >= 11 is 0. The van der Waals surface area contributed by atoms with E-state index in [2.05, 4.69) is 0 Å². The molecular weight excluding hydrogens is 223 g/mol. The van der Waals surface area contributed by atoms with Crippen molar-refractivity contribution in [2.45, 2.75) is 13.3 Å². The maximum atomic E-state index is 12.9. The van der Waals surface area contributed by atoms with E-state index < -0.39 is 11.8 Å². The zero-order valence-electron chi connectivity index (χ0n) is 10.1. The third kappa shape index (κ3) is 4.95. The van der Waals surface area contributed by atoms with Crippen LogP contribution in [0.2, 0.25) is 0 Å². The first kappa shape index (κ1) is 13.6. The summed E-state index contributed by atoms with van der Waals surface area (Å²) in [7, 11) is 1.63. The van der Waals surface area contributed by atoms with Gasteiger partial charge in [0.2, 0.25) is 0 Å². The molecule has 1 atom stereocenters. The Hall–Kier alpha value is -1.42. The van der Waals surface area contributed by atoms with Crippen LogP contribution >= 0.6 is 0 Å². The molecule has 0 N–H and O–H groups in total. The third-order valence-corrected chi connectivity index (χ3v) is 2.37. The summed E-state index contributed by atoms with van der Waals surface area (Å²) in [6, 6.07) is 5.48. The number of benzene rings is 1. The number of carbonyl (C=O) groups excluding carboxylic acids is 1. The van der Waals surface area contributed by atoms with E-state index >= 15 is 0 Å².